The Bertz CT molecular complexity index is 168. The van der Waals surface area contributed by atoms with E-state index in [1.807, 2.05) is 20.8 Å². The highest BCUT2D eigenvalue weighted by Gasteiger charge is 2.22. The molecule has 0 spiro atoms. The zero-order valence-electron chi connectivity index (χ0n) is 7.10. The fraction of sp³-hybridized carbons (Fsp3) is 0.625. The Morgan fingerprint density at radius 2 is 1.80 bits per heavy atom. The van der Waals surface area contributed by atoms with E-state index in [0.29, 0.717) is 5.71 Å². The molecule has 0 bridgehead atoms. The van der Waals surface area contributed by atoms with Gasteiger partial charge in [-0.2, -0.15) is 0 Å². The third-order valence-corrected chi connectivity index (χ3v) is 2.12. The van der Waals surface area contributed by atoms with Gasteiger partial charge in [-0.3, -0.25) is 0 Å². The van der Waals surface area contributed by atoms with E-state index in [4.69, 9.17) is 5.21 Å². The molecule has 2 nitrogen and oxygen atoms in total. The molecule has 0 fully saturated rings. The largest absolute Gasteiger partial charge is 0.411 e. The predicted octanol–water partition coefficient (Wildman–Crippen LogP) is 2.44. The molecule has 0 saturated heterocycles. The summed E-state index contributed by atoms with van der Waals surface area (Å²) in [5.41, 5.74) is 1.51. The summed E-state index contributed by atoms with van der Waals surface area (Å²) < 4.78 is 0. The smallest absolute Gasteiger partial charge is 0.0636 e. The van der Waals surface area contributed by atoms with Crippen LogP contribution in [0.15, 0.2) is 17.3 Å². The Hall–Kier alpha value is -0.790. The predicted molar refractivity (Wildman–Crippen MR) is 43.5 cm³/mol. The van der Waals surface area contributed by atoms with Gasteiger partial charge in [0.05, 0.1) is 5.71 Å². The number of allylic oxidation sites excluding steroid dienone is 1. The highest BCUT2D eigenvalue weighted by atomic mass is 16.4. The van der Waals surface area contributed by atoms with Gasteiger partial charge in [-0.05, 0) is 13.8 Å². The Kier molecular flexibility index (Phi) is 2.64. The third-order valence-electron chi connectivity index (χ3n) is 2.12. The molecule has 0 aliphatic carbocycles. The van der Waals surface area contributed by atoms with Gasteiger partial charge in [-0.15, -0.1) is 0 Å². The van der Waals surface area contributed by atoms with Crippen molar-refractivity contribution in [3.8, 4) is 0 Å². The summed E-state index contributed by atoms with van der Waals surface area (Å²) in [5, 5.41) is 11.6. The van der Waals surface area contributed by atoms with E-state index in [2.05, 4.69) is 11.7 Å². The van der Waals surface area contributed by atoms with Crippen LogP contribution in [0.3, 0.4) is 0 Å². The first kappa shape index (κ1) is 9.21. The molecule has 0 saturated carbocycles. The molecule has 0 atom stereocenters. The average Bonchev–Trinajstić information content (AvgIpc) is 1.86. The average molecular weight is 141 g/mol. The van der Waals surface area contributed by atoms with Crippen LogP contribution < -0.4 is 0 Å². The maximum Gasteiger partial charge on any atom is 0.0636 e. The molecule has 0 rings (SSSR count). The summed E-state index contributed by atoms with van der Waals surface area (Å²) in [6.07, 6.45) is 0. The lowest BCUT2D eigenvalue weighted by atomic mass is 9.82. The van der Waals surface area contributed by atoms with Gasteiger partial charge >= 0.3 is 0 Å². The van der Waals surface area contributed by atoms with Crippen molar-refractivity contribution in [1.29, 1.82) is 0 Å². The van der Waals surface area contributed by atoms with Gasteiger partial charge in [-0.25, -0.2) is 0 Å². The molecule has 0 heterocycles. The van der Waals surface area contributed by atoms with Crippen molar-refractivity contribution in [2.75, 3.05) is 0 Å². The van der Waals surface area contributed by atoms with Crippen LogP contribution in [0.5, 0.6) is 0 Å². The van der Waals surface area contributed by atoms with Crippen molar-refractivity contribution in [3.63, 3.8) is 0 Å². The van der Waals surface area contributed by atoms with Crippen LogP contribution in [-0.4, -0.2) is 10.9 Å². The Morgan fingerprint density at radius 3 is 1.90 bits per heavy atom. The second-order valence-corrected chi connectivity index (χ2v) is 3.09. The summed E-state index contributed by atoms with van der Waals surface area (Å²) >= 11 is 0. The number of rotatable bonds is 2. The highest BCUT2D eigenvalue weighted by Crippen LogP contribution is 2.25. The van der Waals surface area contributed by atoms with Crippen LogP contribution in [0.1, 0.15) is 27.7 Å². The van der Waals surface area contributed by atoms with Gasteiger partial charge in [0.25, 0.3) is 0 Å². The molecular weight excluding hydrogens is 126 g/mol. The van der Waals surface area contributed by atoms with Gasteiger partial charge in [0.15, 0.2) is 0 Å². The number of nitrogens with zero attached hydrogens (tertiary/aromatic N) is 1. The minimum absolute atomic E-state index is 0.186. The summed E-state index contributed by atoms with van der Waals surface area (Å²) in [7, 11) is 0. The SMILES string of the molecule is C=C(C)C(C)(C)/C(C)=N/O. The van der Waals surface area contributed by atoms with Crippen molar-refractivity contribution >= 4 is 5.71 Å². The molecular formula is C8H15NO. The molecule has 0 unspecified atom stereocenters. The molecule has 0 aliphatic rings. The second kappa shape index (κ2) is 2.86. The quantitative estimate of drug-likeness (QED) is 0.272. The second-order valence-electron chi connectivity index (χ2n) is 3.09. The Morgan fingerprint density at radius 1 is 1.40 bits per heavy atom. The first-order valence-electron chi connectivity index (χ1n) is 3.28. The maximum atomic E-state index is 8.47. The number of oxime groups is 1. The van der Waals surface area contributed by atoms with E-state index in [1.54, 1.807) is 6.92 Å². The van der Waals surface area contributed by atoms with E-state index in [9.17, 15) is 0 Å². The van der Waals surface area contributed by atoms with Crippen LogP contribution in [-0.2, 0) is 0 Å². The van der Waals surface area contributed by atoms with E-state index < -0.39 is 0 Å². The minimum Gasteiger partial charge on any atom is -0.411 e. The van der Waals surface area contributed by atoms with Gasteiger partial charge in [0.2, 0.25) is 0 Å². The van der Waals surface area contributed by atoms with Crippen molar-refractivity contribution in [3.05, 3.63) is 12.2 Å². The summed E-state index contributed by atoms with van der Waals surface area (Å²) in [5.74, 6) is 0. The fourth-order valence-electron chi connectivity index (χ4n) is 0.434. The van der Waals surface area contributed by atoms with Gasteiger partial charge in [0, 0.05) is 5.41 Å². The normalized spacial score (nSPS) is 13.4. The molecule has 0 aromatic rings. The molecule has 0 radical (unpaired) electrons. The first-order chi connectivity index (χ1) is 4.42. The topological polar surface area (TPSA) is 32.6 Å². The van der Waals surface area contributed by atoms with Gasteiger partial charge in [-0.1, -0.05) is 31.2 Å². The fourth-order valence-corrected chi connectivity index (χ4v) is 0.434. The first-order valence-corrected chi connectivity index (χ1v) is 3.28. The monoisotopic (exact) mass is 141 g/mol. The summed E-state index contributed by atoms with van der Waals surface area (Å²) in [4.78, 5) is 0. The van der Waals surface area contributed by atoms with E-state index in [0.717, 1.165) is 5.57 Å². The summed E-state index contributed by atoms with van der Waals surface area (Å²) in [6.45, 7) is 11.5. The Labute approximate surface area is 62.2 Å². The lowest BCUT2D eigenvalue weighted by Crippen LogP contribution is -2.22. The lowest BCUT2D eigenvalue weighted by molar-refractivity contribution is 0.312. The standard InChI is InChI=1S/C8H15NO/c1-6(2)8(4,5)7(3)9-10/h10H,1H2,2-5H3/b9-7+. The van der Waals surface area contributed by atoms with Gasteiger partial charge in [0.1, 0.15) is 0 Å². The Balaban J connectivity index is 4.56. The number of hydrogen-bond acceptors (Lipinski definition) is 2. The van der Waals surface area contributed by atoms with Crippen molar-refractivity contribution in [2.45, 2.75) is 27.7 Å². The van der Waals surface area contributed by atoms with Crippen molar-refractivity contribution in [2.24, 2.45) is 10.6 Å². The summed E-state index contributed by atoms with van der Waals surface area (Å²) in [6, 6.07) is 0. The highest BCUT2D eigenvalue weighted by molar-refractivity contribution is 5.89. The van der Waals surface area contributed by atoms with Crippen LogP contribution in [0, 0.1) is 5.41 Å². The third kappa shape index (κ3) is 1.59. The lowest BCUT2D eigenvalue weighted by Gasteiger charge is -2.23. The van der Waals surface area contributed by atoms with Gasteiger partial charge < -0.3 is 5.21 Å². The maximum absolute atomic E-state index is 8.47. The van der Waals surface area contributed by atoms with Crippen molar-refractivity contribution < 1.29 is 5.21 Å². The molecule has 58 valence electrons. The molecule has 0 amide bonds. The zero-order valence-corrected chi connectivity index (χ0v) is 7.10. The van der Waals surface area contributed by atoms with Crippen LogP contribution in [0.25, 0.3) is 0 Å². The molecule has 10 heavy (non-hydrogen) atoms. The van der Waals surface area contributed by atoms with E-state index >= 15 is 0 Å². The van der Waals surface area contributed by atoms with E-state index in [1.165, 1.54) is 0 Å². The number of hydrogen-bond donors (Lipinski definition) is 1. The molecule has 2 heteroatoms. The van der Waals surface area contributed by atoms with Crippen LogP contribution in [0.4, 0.5) is 0 Å². The van der Waals surface area contributed by atoms with Crippen LogP contribution >= 0.6 is 0 Å². The molecule has 0 aromatic carbocycles. The molecule has 1 N–H and O–H groups in total. The van der Waals surface area contributed by atoms with Crippen molar-refractivity contribution in [1.82, 2.24) is 0 Å². The van der Waals surface area contributed by atoms with Crippen LogP contribution in [0.2, 0.25) is 0 Å². The molecule has 0 aromatic heterocycles. The zero-order chi connectivity index (χ0) is 8.36. The molecule has 0 aliphatic heterocycles. The minimum atomic E-state index is -0.186. The van der Waals surface area contributed by atoms with E-state index in [-0.39, 0.29) is 5.41 Å².